The second-order valence-electron chi connectivity index (χ2n) is 5.18. The second kappa shape index (κ2) is 10.4. The van der Waals surface area contributed by atoms with Crippen LogP contribution in [-0.4, -0.2) is 48.9 Å². The van der Waals surface area contributed by atoms with E-state index in [2.05, 4.69) is 16.0 Å². The number of hydrogen-bond acceptors (Lipinski definition) is 4. The Hall–Kier alpha value is -2.41. The Morgan fingerprint density at radius 3 is 2.17 bits per heavy atom. The normalized spacial score (nSPS) is 11.7. The molecule has 0 spiro atoms. The smallest absolute Gasteiger partial charge is 0.321 e. The number of rotatable bonds is 8. The molecule has 1 atom stereocenters. The Morgan fingerprint density at radius 2 is 1.62 bits per heavy atom. The number of hydrogen-bond donors (Lipinski definition) is 3. The molecule has 0 fully saturated rings. The maximum atomic E-state index is 12.6. The van der Waals surface area contributed by atoms with Crippen molar-refractivity contribution in [3.05, 3.63) is 35.9 Å². The van der Waals surface area contributed by atoms with E-state index in [-0.39, 0.29) is 12.5 Å². The summed E-state index contributed by atoms with van der Waals surface area (Å²) in [6.45, 7) is 6.99. The molecule has 0 aliphatic heterocycles. The fraction of sp³-hybridized carbons (Fsp3) is 0.471. The molecule has 7 nitrogen and oxygen atoms in total. The van der Waals surface area contributed by atoms with E-state index in [9.17, 15) is 14.4 Å². The van der Waals surface area contributed by atoms with Crippen LogP contribution in [-0.2, 0) is 9.59 Å². The summed E-state index contributed by atoms with van der Waals surface area (Å²) in [5, 5.41) is 7.59. The summed E-state index contributed by atoms with van der Waals surface area (Å²) in [6.07, 6.45) is 0. The van der Waals surface area contributed by atoms with E-state index in [4.69, 9.17) is 0 Å². The summed E-state index contributed by atoms with van der Waals surface area (Å²) in [5.41, 5.74) is 0.727. The van der Waals surface area contributed by atoms with Crippen LogP contribution >= 0.6 is 0 Å². The third-order valence-corrected chi connectivity index (χ3v) is 3.43. The van der Waals surface area contributed by atoms with Gasteiger partial charge in [-0.3, -0.25) is 19.8 Å². The van der Waals surface area contributed by atoms with Gasteiger partial charge in [-0.15, -0.1) is 0 Å². The number of amides is 4. The van der Waals surface area contributed by atoms with Crippen LogP contribution < -0.4 is 16.0 Å². The molecule has 1 aromatic rings. The van der Waals surface area contributed by atoms with Gasteiger partial charge in [0.15, 0.2) is 0 Å². The molecule has 0 unspecified atom stereocenters. The van der Waals surface area contributed by atoms with Gasteiger partial charge >= 0.3 is 6.03 Å². The average molecular weight is 334 g/mol. The Labute approximate surface area is 142 Å². The summed E-state index contributed by atoms with van der Waals surface area (Å²) >= 11 is 0. The van der Waals surface area contributed by atoms with Crippen LogP contribution in [0.2, 0.25) is 0 Å². The maximum Gasteiger partial charge on any atom is 0.321 e. The minimum atomic E-state index is -0.721. The van der Waals surface area contributed by atoms with Crippen molar-refractivity contribution in [3.8, 4) is 0 Å². The highest BCUT2D eigenvalue weighted by molar-refractivity contribution is 5.97. The molecule has 24 heavy (non-hydrogen) atoms. The molecule has 0 radical (unpaired) electrons. The molecule has 7 heteroatoms. The van der Waals surface area contributed by atoms with Gasteiger partial charge in [0.2, 0.25) is 11.8 Å². The molecular weight excluding hydrogens is 308 g/mol. The molecule has 0 aliphatic rings. The fourth-order valence-electron chi connectivity index (χ4n) is 2.37. The number of benzene rings is 1. The van der Waals surface area contributed by atoms with Gasteiger partial charge in [-0.05, 0) is 26.0 Å². The number of carbonyl (C=O) groups is 3. The Morgan fingerprint density at radius 1 is 1.00 bits per heavy atom. The number of likely N-dealkylation sites (N-methyl/N-ethyl adjacent to an activating group) is 2. The highest BCUT2D eigenvalue weighted by Crippen LogP contribution is 2.20. The quantitative estimate of drug-likeness (QED) is 0.662. The van der Waals surface area contributed by atoms with Crippen molar-refractivity contribution in [2.45, 2.75) is 26.8 Å². The van der Waals surface area contributed by atoms with E-state index in [1.54, 1.807) is 11.8 Å². The zero-order chi connectivity index (χ0) is 17.9. The zero-order valence-electron chi connectivity index (χ0n) is 14.5. The van der Waals surface area contributed by atoms with Crippen molar-refractivity contribution in [2.24, 2.45) is 0 Å². The third-order valence-electron chi connectivity index (χ3n) is 3.43. The molecule has 1 aromatic carbocycles. The van der Waals surface area contributed by atoms with Crippen molar-refractivity contribution in [3.63, 3.8) is 0 Å². The molecule has 3 N–H and O–H groups in total. The van der Waals surface area contributed by atoms with Crippen molar-refractivity contribution < 1.29 is 14.4 Å². The van der Waals surface area contributed by atoms with Crippen LogP contribution in [0.3, 0.4) is 0 Å². The van der Waals surface area contributed by atoms with Gasteiger partial charge in [0.1, 0.15) is 6.04 Å². The van der Waals surface area contributed by atoms with Crippen molar-refractivity contribution in [1.82, 2.24) is 20.9 Å². The van der Waals surface area contributed by atoms with Gasteiger partial charge in [-0.25, -0.2) is 4.79 Å². The summed E-state index contributed by atoms with van der Waals surface area (Å²) < 4.78 is 0. The van der Waals surface area contributed by atoms with E-state index >= 15 is 0 Å². The molecule has 0 heterocycles. The number of imide groups is 1. The van der Waals surface area contributed by atoms with Crippen LogP contribution in [0.4, 0.5) is 4.79 Å². The highest BCUT2D eigenvalue weighted by Gasteiger charge is 2.29. The van der Waals surface area contributed by atoms with Crippen molar-refractivity contribution in [2.75, 3.05) is 26.2 Å². The SMILES string of the molecule is CCNC(=O)CN(CC)[C@H](C(=O)NC(=O)NCC)c1ccccc1. The van der Waals surface area contributed by atoms with Crippen molar-refractivity contribution in [1.29, 1.82) is 0 Å². The molecule has 0 saturated heterocycles. The van der Waals surface area contributed by atoms with E-state index in [1.165, 1.54) is 0 Å². The zero-order valence-corrected chi connectivity index (χ0v) is 14.5. The molecule has 132 valence electrons. The minimum absolute atomic E-state index is 0.0761. The number of urea groups is 1. The maximum absolute atomic E-state index is 12.6. The van der Waals surface area contributed by atoms with Gasteiger partial charge in [-0.2, -0.15) is 0 Å². The van der Waals surface area contributed by atoms with Gasteiger partial charge in [0, 0.05) is 13.1 Å². The Kier molecular flexibility index (Phi) is 8.49. The summed E-state index contributed by atoms with van der Waals surface area (Å²) in [4.78, 5) is 38.0. The van der Waals surface area contributed by atoms with E-state index in [1.807, 2.05) is 44.2 Å². The summed E-state index contributed by atoms with van der Waals surface area (Å²) in [6, 6.07) is 7.84. The van der Waals surface area contributed by atoms with Crippen LogP contribution in [0.25, 0.3) is 0 Å². The first kappa shape index (κ1) is 19.6. The Bertz CT molecular complexity index is 548. The van der Waals surface area contributed by atoms with Gasteiger partial charge in [-0.1, -0.05) is 37.3 Å². The summed E-state index contributed by atoms with van der Waals surface area (Å²) in [7, 11) is 0. The minimum Gasteiger partial charge on any atom is -0.355 e. The fourth-order valence-corrected chi connectivity index (χ4v) is 2.37. The monoisotopic (exact) mass is 334 g/mol. The number of nitrogens with zero attached hydrogens (tertiary/aromatic N) is 1. The van der Waals surface area contributed by atoms with Crippen LogP contribution in [0.1, 0.15) is 32.4 Å². The molecule has 0 saturated carbocycles. The van der Waals surface area contributed by atoms with E-state index in [0.29, 0.717) is 19.6 Å². The van der Waals surface area contributed by atoms with Crippen LogP contribution in [0.15, 0.2) is 30.3 Å². The second-order valence-corrected chi connectivity index (χ2v) is 5.18. The predicted molar refractivity (Wildman–Crippen MR) is 92.3 cm³/mol. The largest absolute Gasteiger partial charge is 0.355 e. The number of nitrogens with one attached hydrogen (secondary N) is 3. The molecule has 0 aromatic heterocycles. The van der Waals surface area contributed by atoms with Crippen LogP contribution in [0.5, 0.6) is 0 Å². The first-order valence-corrected chi connectivity index (χ1v) is 8.17. The topological polar surface area (TPSA) is 90.5 Å². The standard InChI is InChI=1S/C17H26N4O3/c1-4-18-14(22)12-21(6-3)15(13-10-8-7-9-11-13)16(23)20-17(24)19-5-2/h7-11,15H,4-6,12H2,1-3H3,(H,18,22)(H2,19,20,23,24)/t15-/m0/s1. The summed E-state index contributed by atoms with van der Waals surface area (Å²) in [5.74, 6) is -0.621. The Balaban J connectivity index is 3.01. The average Bonchev–Trinajstić information content (AvgIpc) is 2.55. The number of carbonyl (C=O) groups excluding carboxylic acids is 3. The van der Waals surface area contributed by atoms with E-state index < -0.39 is 18.0 Å². The van der Waals surface area contributed by atoms with E-state index in [0.717, 1.165) is 5.56 Å². The lowest BCUT2D eigenvalue weighted by Gasteiger charge is -2.29. The van der Waals surface area contributed by atoms with Gasteiger partial charge in [0.05, 0.1) is 6.54 Å². The molecule has 1 rings (SSSR count). The first-order chi connectivity index (χ1) is 11.5. The van der Waals surface area contributed by atoms with Crippen molar-refractivity contribution >= 4 is 17.8 Å². The lowest BCUT2D eigenvalue weighted by atomic mass is 10.0. The third kappa shape index (κ3) is 6.00. The highest BCUT2D eigenvalue weighted by atomic mass is 16.2. The molecular formula is C17H26N4O3. The molecule has 0 aliphatic carbocycles. The lowest BCUT2D eigenvalue weighted by Crippen LogP contribution is -2.48. The van der Waals surface area contributed by atoms with Crippen LogP contribution in [0, 0.1) is 0 Å². The first-order valence-electron chi connectivity index (χ1n) is 8.17. The van der Waals surface area contributed by atoms with Gasteiger partial charge < -0.3 is 10.6 Å². The predicted octanol–water partition coefficient (Wildman–Crippen LogP) is 1.03. The molecule has 4 amide bonds. The molecule has 0 bridgehead atoms. The van der Waals surface area contributed by atoms with Gasteiger partial charge in [0.25, 0.3) is 0 Å². The lowest BCUT2D eigenvalue weighted by molar-refractivity contribution is -0.128.